The molecule has 0 spiro atoms. The molecule has 3 rings (SSSR count). The lowest BCUT2D eigenvalue weighted by atomic mass is 9.89. The number of aromatic nitrogens is 1. The van der Waals surface area contributed by atoms with Crippen molar-refractivity contribution in [2.45, 2.75) is 38.3 Å². The fourth-order valence-corrected chi connectivity index (χ4v) is 3.07. The van der Waals surface area contributed by atoms with Gasteiger partial charge in [0.2, 0.25) is 5.91 Å². The van der Waals surface area contributed by atoms with E-state index in [2.05, 4.69) is 15.6 Å². The summed E-state index contributed by atoms with van der Waals surface area (Å²) in [5.41, 5.74) is 0.146. The Balaban J connectivity index is 1.62. The number of nitrogens with zero attached hydrogens (tertiary/aromatic N) is 1. The molecule has 1 saturated carbocycles. The van der Waals surface area contributed by atoms with Crippen molar-refractivity contribution in [1.29, 1.82) is 0 Å². The highest BCUT2D eigenvalue weighted by Crippen LogP contribution is 2.31. The molecule has 0 aliphatic heterocycles. The molecule has 1 heterocycles. The Labute approximate surface area is 149 Å². The Kier molecular flexibility index (Phi) is 5.44. The van der Waals surface area contributed by atoms with Crippen molar-refractivity contribution >= 4 is 23.1 Å². The van der Waals surface area contributed by atoms with Crippen molar-refractivity contribution in [3.63, 3.8) is 0 Å². The van der Waals surface area contributed by atoms with Gasteiger partial charge in [0, 0.05) is 11.6 Å². The third-order valence-electron chi connectivity index (χ3n) is 4.47. The monoisotopic (exact) mass is 363 g/mol. The van der Waals surface area contributed by atoms with Crippen molar-refractivity contribution in [1.82, 2.24) is 4.98 Å². The van der Waals surface area contributed by atoms with Crippen molar-refractivity contribution in [2.24, 2.45) is 5.92 Å². The first-order valence-corrected chi connectivity index (χ1v) is 8.63. The molecule has 7 heteroatoms. The molecule has 26 heavy (non-hydrogen) atoms. The second-order valence-electron chi connectivity index (χ2n) is 6.46. The minimum Gasteiger partial charge on any atom is -0.354 e. The van der Waals surface area contributed by atoms with Crippen molar-refractivity contribution < 1.29 is 18.0 Å². The maximum atomic E-state index is 12.8. The lowest BCUT2D eigenvalue weighted by Crippen LogP contribution is -2.25. The molecule has 1 aromatic heterocycles. The van der Waals surface area contributed by atoms with E-state index in [-0.39, 0.29) is 11.8 Å². The third-order valence-corrected chi connectivity index (χ3v) is 4.47. The van der Waals surface area contributed by atoms with E-state index in [0.29, 0.717) is 17.2 Å². The normalized spacial score (nSPS) is 15.5. The number of halogens is 3. The SMILES string of the molecule is O=C(Nc1ccc(Nc2cccc(C(F)(F)F)c2)cn1)C1CCCCC1. The molecule has 0 unspecified atom stereocenters. The lowest BCUT2D eigenvalue weighted by Gasteiger charge is -2.20. The Morgan fingerprint density at radius 3 is 2.46 bits per heavy atom. The van der Waals surface area contributed by atoms with Crippen molar-refractivity contribution in [2.75, 3.05) is 10.6 Å². The highest BCUT2D eigenvalue weighted by Gasteiger charge is 2.30. The van der Waals surface area contributed by atoms with Crippen molar-refractivity contribution in [3.05, 3.63) is 48.2 Å². The number of anilines is 3. The molecule has 0 radical (unpaired) electrons. The number of nitrogens with one attached hydrogen (secondary N) is 2. The summed E-state index contributed by atoms with van der Waals surface area (Å²) in [6.07, 6.45) is 2.23. The fourth-order valence-electron chi connectivity index (χ4n) is 3.07. The summed E-state index contributed by atoms with van der Waals surface area (Å²) >= 11 is 0. The number of carbonyl (C=O) groups is 1. The van der Waals surface area contributed by atoms with Gasteiger partial charge in [-0.05, 0) is 43.2 Å². The Hall–Kier alpha value is -2.57. The van der Waals surface area contributed by atoms with E-state index in [1.807, 2.05) is 0 Å². The maximum Gasteiger partial charge on any atom is 0.416 e. The summed E-state index contributed by atoms with van der Waals surface area (Å²) in [5, 5.41) is 5.69. The molecular weight excluding hydrogens is 343 g/mol. The highest BCUT2D eigenvalue weighted by molar-refractivity contribution is 5.91. The Morgan fingerprint density at radius 2 is 1.81 bits per heavy atom. The molecule has 2 N–H and O–H groups in total. The van der Waals surface area contributed by atoms with E-state index in [1.165, 1.54) is 18.7 Å². The molecule has 1 amide bonds. The van der Waals surface area contributed by atoms with Gasteiger partial charge in [0.1, 0.15) is 5.82 Å². The second kappa shape index (κ2) is 7.76. The molecular formula is C19H20F3N3O. The molecule has 1 aliphatic rings. The van der Waals surface area contributed by atoms with Gasteiger partial charge in [-0.25, -0.2) is 4.98 Å². The van der Waals surface area contributed by atoms with E-state index in [4.69, 9.17) is 0 Å². The zero-order valence-electron chi connectivity index (χ0n) is 14.1. The average molecular weight is 363 g/mol. The summed E-state index contributed by atoms with van der Waals surface area (Å²) in [6, 6.07) is 8.26. The number of hydrogen-bond acceptors (Lipinski definition) is 3. The number of hydrogen-bond donors (Lipinski definition) is 2. The minimum atomic E-state index is -4.39. The van der Waals surface area contributed by atoms with Crippen LogP contribution in [0.3, 0.4) is 0 Å². The molecule has 2 aromatic rings. The van der Waals surface area contributed by atoms with E-state index in [1.54, 1.807) is 18.2 Å². The van der Waals surface area contributed by atoms with Crippen LogP contribution in [0.2, 0.25) is 0 Å². The number of benzene rings is 1. The van der Waals surface area contributed by atoms with Gasteiger partial charge >= 0.3 is 6.18 Å². The number of alkyl halides is 3. The molecule has 4 nitrogen and oxygen atoms in total. The largest absolute Gasteiger partial charge is 0.416 e. The van der Waals surface area contributed by atoms with Crippen molar-refractivity contribution in [3.8, 4) is 0 Å². The molecule has 0 saturated heterocycles. The zero-order valence-corrected chi connectivity index (χ0v) is 14.1. The average Bonchev–Trinajstić information content (AvgIpc) is 2.63. The summed E-state index contributed by atoms with van der Waals surface area (Å²) < 4.78 is 38.3. The predicted molar refractivity (Wildman–Crippen MR) is 94.2 cm³/mol. The van der Waals surface area contributed by atoms with E-state index in [0.717, 1.165) is 37.8 Å². The first kappa shape index (κ1) is 18.2. The number of rotatable bonds is 4. The molecule has 0 atom stereocenters. The third kappa shape index (κ3) is 4.74. The molecule has 1 fully saturated rings. The van der Waals surface area contributed by atoms with Gasteiger partial charge in [-0.1, -0.05) is 25.3 Å². The van der Waals surface area contributed by atoms with E-state index < -0.39 is 11.7 Å². The van der Waals surface area contributed by atoms with Gasteiger partial charge in [0.25, 0.3) is 0 Å². The first-order chi connectivity index (χ1) is 12.4. The predicted octanol–water partition coefficient (Wildman–Crippen LogP) is 5.36. The van der Waals surface area contributed by atoms with Gasteiger partial charge in [0.05, 0.1) is 17.4 Å². The van der Waals surface area contributed by atoms with Crippen LogP contribution < -0.4 is 10.6 Å². The quantitative estimate of drug-likeness (QED) is 0.769. The molecule has 1 aromatic carbocycles. The van der Waals surface area contributed by atoms with Gasteiger partial charge < -0.3 is 10.6 Å². The smallest absolute Gasteiger partial charge is 0.354 e. The van der Waals surface area contributed by atoms with Gasteiger partial charge in [0.15, 0.2) is 0 Å². The van der Waals surface area contributed by atoms with Crippen LogP contribution in [0.5, 0.6) is 0 Å². The summed E-state index contributed by atoms with van der Waals surface area (Å²) in [5.74, 6) is 0.458. The number of amides is 1. The standard InChI is InChI=1S/C19H20F3N3O/c20-19(21,22)14-7-4-8-15(11-14)24-16-9-10-17(23-12-16)25-18(26)13-5-2-1-3-6-13/h4,7-13,24H,1-3,5-6H2,(H,23,25,26). The second-order valence-corrected chi connectivity index (χ2v) is 6.46. The Bertz CT molecular complexity index is 753. The zero-order chi connectivity index (χ0) is 18.6. The van der Waals surface area contributed by atoms with Crippen LogP contribution in [0.25, 0.3) is 0 Å². The van der Waals surface area contributed by atoms with Crippen LogP contribution in [0, 0.1) is 5.92 Å². The van der Waals surface area contributed by atoms with Crippen LogP contribution in [0.4, 0.5) is 30.4 Å². The summed E-state index contributed by atoms with van der Waals surface area (Å²) in [4.78, 5) is 16.4. The lowest BCUT2D eigenvalue weighted by molar-refractivity contribution is -0.137. The maximum absolute atomic E-state index is 12.8. The highest BCUT2D eigenvalue weighted by atomic mass is 19.4. The molecule has 1 aliphatic carbocycles. The van der Waals surface area contributed by atoms with Crippen LogP contribution >= 0.6 is 0 Å². The van der Waals surface area contributed by atoms with Gasteiger partial charge in [-0.2, -0.15) is 13.2 Å². The first-order valence-electron chi connectivity index (χ1n) is 8.63. The van der Waals surface area contributed by atoms with Gasteiger partial charge in [-0.15, -0.1) is 0 Å². The minimum absolute atomic E-state index is 0.0178. The van der Waals surface area contributed by atoms with Gasteiger partial charge in [-0.3, -0.25) is 4.79 Å². The summed E-state index contributed by atoms with van der Waals surface area (Å²) in [6.45, 7) is 0. The Morgan fingerprint density at radius 1 is 1.04 bits per heavy atom. The molecule has 0 bridgehead atoms. The number of pyridine rings is 1. The van der Waals surface area contributed by atoms with Crippen LogP contribution in [-0.2, 0) is 11.0 Å². The van der Waals surface area contributed by atoms with Crippen LogP contribution in [0.15, 0.2) is 42.6 Å². The summed E-state index contributed by atoms with van der Waals surface area (Å²) in [7, 11) is 0. The van der Waals surface area contributed by atoms with E-state index in [9.17, 15) is 18.0 Å². The van der Waals surface area contributed by atoms with Crippen LogP contribution in [-0.4, -0.2) is 10.9 Å². The topological polar surface area (TPSA) is 54.0 Å². The number of carbonyl (C=O) groups excluding carboxylic acids is 1. The van der Waals surface area contributed by atoms with Crippen LogP contribution in [0.1, 0.15) is 37.7 Å². The molecule has 138 valence electrons. The van der Waals surface area contributed by atoms with E-state index >= 15 is 0 Å². The fraction of sp³-hybridized carbons (Fsp3) is 0.368.